The molecule has 2 atom stereocenters. The first kappa shape index (κ1) is 14.4. The summed E-state index contributed by atoms with van der Waals surface area (Å²) in [5.41, 5.74) is 2.51. The fourth-order valence-electron chi connectivity index (χ4n) is 2.89. The maximum absolute atomic E-state index is 9.84. The number of ether oxygens (including phenoxy) is 1. The van der Waals surface area contributed by atoms with Crippen molar-refractivity contribution in [3.8, 4) is 5.75 Å². The van der Waals surface area contributed by atoms with E-state index in [2.05, 4.69) is 31.3 Å². The molecule has 1 aromatic rings. The highest BCUT2D eigenvalue weighted by atomic mass is 16.5. The third kappa shape index (κ3) is 3.10. The Morgan fingerprint density at radius 3 is 2.84 bits per heavy atom. The molecule has 106 valence electrons. The number of aliphatic hydroxyl groups excluding tert-OH is 1. The zero-order valence-electron chi connectivity index (χ0n) is 12.2. The number of aliphatic hydroxyl groups is 1. The molecule has 0 heterocycles. The quantitative estimate of drug-likeness (QED) is 0.856. The van der Waals surface area contributed by atoms with Gasteiger partial charge in [0.25, 0.3) is 0 Å². The van der Waals surface area contributed by atoms with Gasteiger partial charge in [0.2, 0.25) is 0 Å². The van der Waals surface area contributed by atoms with Gasteiger partial charge in [-0.25, -0.2) is 0 Å². The van der Waals surface area contributed by atoms with Gasteiger partial charge in [-0.2, -0.15) is 0 Å². The van der Waals surface area contributed by atoms with Crippen molar-refractivity contribution in [3.05, 3.63) is 29.3 Å². The highest BCUT2D eigenvalue weighted by Gasteiger charge is 2.34. The lowest BCUT2D eigenvalue weighted by Gasteiger charge is -2.40. The molecule has 1 aliphatic carbocycles. The minimum Gasteiger partial charge on any atom is -0.497 e. The normalized spacial score (nSPS) is 23.8. The minimum absolute atomic E-state index is 0.172. The topological polar surface area (TPSA) is 41.5 Å². The van der Waals surface area contributed by atoms with Crippen molar-refractivity contribution in [2.75, 3.05) is 13.7 Å². The van der Waals surface area contributed by atoms with Crippen molar-refractivity contribution in [2.45, 2.75) is 51.1 Å². The Morgan fingerprint density at radius 2 is 2.21 bits per heavy atom. The summed E-state index contributed by atoms with van der Waals surface area (Å²) < 4.78 is 5.30. The van der Waals surface area contributed by atoms with Crippen LogP contribution in [0, 0.1) is 0 Å². The predicted molar refractivity (Wildman–Crippen MR) is 77.7 cm³/mol. The molecule has 0 aliphatic heterocycles. The van der Waals surface area contributed by atoms with Gasteiger partial charge in [0, 0.05) is 11.6 Å². The number of hydrogen-bond acceptors (Lipinski definition) is 3. The summed E-state index contributed by atoms with van der Waals surface area (Å²) in [5, 5.41) is 13.5. The summed E-state index contributed by atoms with van der Waals surface area (Å²) in [6, 6.07) is 6.71. The summed E-state index contributed by atoms with van der Waals surface area (Å²) in [6.45, 7) is 4.54. The zero-order chi connectivity index (χ0) is 13.9. The fraction of sp³-hybridized carbons (Fsp3) is 0.625. The summed E-state index contributed by atoms with van der Waals surface area (Å²) in [7, 11) is 1.70. The monoisotopic (exact) mass is 263 g/mol. The molecule has 0 saturated heterocycles. The average molecular weight is 263 g/mol. The third-order valence-corrected chi connectivity index (χ3v) is 4.28. The van der Waals surface area contributed by atoms with Crippen LogP contribution in [0.3, 0.4) is 0 Å². The maximum atomic E-state index is 9.84. The Labute approximate surface area is 116 Å². The van der Waals surface area contributed by atoms with Gasteiger partial charge >= 0.3 is 0 Å². The predicted octanol–water partition coefficient (Wildman–Crippen LogP) is 2.30. The summed E-state index contributed by atoms with van der Waals surface area (Å²) >= 11 is 0. The fourth-order valence-corrected chi connectivity index (χ4v) is 2.89. The van der Waals surface area contributed by atoms with E-state index in [1.807, 2.05) is 6.07 Å². The van der Waals surface area contributed by atoms with E-state index in [1.165, 1.54) is 11.1 Å². The van der Waals surface area contributed by atoms with Crippen LogP contribution in [0.25, 0.3) is 0 Å². The highest BCUT2D eigenvalue weighted by molar-refractivity contribution is 5.39. The lowest BCUT2D eigenvalue weighted by atomic mass is 9.78. The van der Waals surface area contributed by atoms with E-state index in [0.29, 0.717) is 6.04 Å². The molecule has 0 spiro atoms. The number of rotatable bonds is 5. The molecule has 0 fully saturated rings. The molecule has 2 unspecified atom stereocenters. The van der Waals surface area contributed by atoms with Crippen LogP contribution in [-0.4, -0.2) is 30.4 Å². The molecular weight excluding hydrogens is 238 g/mol. The van der Waals surface area contributed by atoms with Crippen molar-refractivity contribution in [2.24, 2.45) is 0 Å². The van der Waals surface area contributed by atoms with Gasteiger partial charge in [0.1, 0.15) is 5.75 Å². The van der Waals surface area contributed by atoms with E-state index < -0.39 is 0 Å². The van der Waals surface area contributed by atoms with Crippen molar-refractivity contribution in [1.29, 1.82) is 0 Å². The Kier molecular flexibility index (Phi) is 4.48. The number of benzene rings is 1. The van der Waals surface area contributed by atoms with E-state index >= 15 is 0 Å². The molecule has 2 rings (SSSR count). The van der Waals surface area contributed by atoms with Gasteiger partial charge in [-0.15, -0.1) is 0 Å². The second-order valence-electron chi connectivity index (χ2n) is 5.70. The smallest absolute Gasteiger partial charge is 0.119 e. The maximum Gasteiger partial charge on any atom is 0.119 e. The second kappa shape index (κ2) is 5.93. The van der Waals surface area contributed by atoms with E-state index in [0.717, 1.165) is 31.4 Å². The first-order chi connectivity index (χ1) is 9.12. The Morgan fingerprint density at radius 1 is 1.42 bits per heavy atom. The third-order valence-electron chi connectivity index (χ3n) is 4.28. The minimum atomic E-state index is -0.172. The van der Waals surface area contributed by atoms with E-state index in [1.54, 1.807) is 7.11 Å². The standard InChI is InChI=1S/C16H25NO2/c1-4-12(2)17-16(11-18)8-7-13-5-6-15(19-3)9-14(13)10-16/h5-6,9,12,17-18H,4,7-8,10-11H2,1-3H3. The Balaban J connectivity index is 2.22. The molecule has 0 saturated carbocycles. The second-order valence-corrected chi connectivity index (χ2v) is 5.70. The number of nitrogens with one attached hydrogen (secondary N) is 1. The Bertz CT molecular complexity index is 433. The molecule has 0 radical (unpaired) electrons. The molecule has 3 heteroatoms. The largest absolute Gasteiger partial charge is 0.497 e. The summed E-state index contributed by atoms with van der Waals surface area (Å²) in [4.78, 5) is 0. The molecule has 1 aromatic carbocycles. The lowest BCUT2D eigenvalue weighted by molar-refractivity contribution is 0.133. The van der Waals surface area contributed by atoms with Gasteiger partial charge in [-0.05, 0) is 55.9 Å². The molecule has 19 heavy (non-hydrogen) atoms. The first-order valence-corrected chi connectivity index (χ1v) is 7.17. The van der Waals surface area contributed by atoms with Gasteiger partial charge in [0.15, 0.2) is 0 Å². The van der Waals surface area contributed by atoms with Crippen LogP contribution in [0.15, 0.2) is 18.2 Å². The van der Waals surface area contributed by atoms with Crippen LogP contribution >= 0.6 is 0 Å². The average Bonchev–Trinajstić information content (AvgIpc) is 2.46. The van der Waals surface area contributed by atoms with Crippen molar-refractivity contribution < 1.29 is 9.84 Å². The summed E-state index contributed by atoms with van der Waals surface area (Å²) in [6.07, 6.45) is 3.96. The molecule has 1 aliphatic rings. The molecule has 3 nitrogen and oxygen atoms in total. The lowest BCUT2D eigenvalue weighted by Crippen LogP contribution is -2.55. The number of fused-ring (bicyclic) bond motifs is 1. The van der Waals surface area contributed by atoms with Crippen molar-refractivity contribution in [3.63, 3.8) is 0 Å². The van der Waals surface area contributed by atoms with Crippen LogP contribution in [0.4, 0.5) is 0 Å². The molecule has 0 aromatic heterocycles. The molecule has 2 N–H and O–H groups in total. The highest BCUT2D eigenvalue weighted by Crippen LogP contribution is 2.31. The Hall–Kier alpha value is -1.06. The SMILES string of the molecule is CCC(C)NC1(CO)CCc2ccc(OC)cc2C1. The van der Waals surface area contributed by atoms with E-state index in [-0.39, 0.29) is 12.1 Å². The van der Waals surface area contributed by atoms with Gasteiger partial charge < -0.3 is 15.2 Å². The number of aryl methyl sites for hydroxylation is 1. The number of hydrogen-bond donors (Lipinski definition) is 2. The first-order valence-electron chi connectivity index (χ1n) is 7.17. The van der Waals surface area contributed by atoms with Crippen molar-refractivity contribution >= 4 is 0 Å². The van der Waals surface area contributed by atoms with Crippen LogP contribution in [-0.2, 0) is 12.8 Å². The molecule has 0 bridgehead atoms. The van der Waals surface area contributed by atoms with Gasteiger partial charge in [-0.1, -0.05) is 13.0 Å². The summed E-state index contributed by atoms with van der Waals surface area (Å²) in [5.74, 6) is 0.899. The van der Waals surface area contributed by atoms with Crippen molar-refractivity contribution in [1.82, 2.24) is 5.32 Å². The molecule has 0 amide bonds. The van der Waals surface area contributed by atoms with E-state index in [9.17, 15) is 5.11 Å². The van der Waals surface area contributed by atoms with Crippen LogP contribution < -0.4 is 10.1 Å². The van der Waals surface area contributed by atoms with Crippen LogP contribution in [0.1, 0.15) is 37.8 Å². The van der Waals surface area contributed by atoms with Gasteiger partial charge in [0.05, 0.1) is 13.7 Å². The number of methoxy groups -OCH3 is 1. The van der Waals surface area contributed by atoms with Crippen LogP contribution in [0.2, 0.25) is 0 Å². The van der Waals surface area contributed by atoms with Gasteiger partial charge in [-0.3, -0.25) is 0 Å². The zero-order valence-corrected chi connectivity index (χ0v) is 12.2. The van der Waals surface area contributed by atoms with E-state index in [4.69, 9.17) is 4.74 Å². The van der Waals surface area contributed by atoms with Crippen LogP contribution in [0.5, 0.6) is 5.75 Å². The molecular formula is C16H25NO2.